The van der Waals surface area contributed by atoms with Crippen LogP contribution in [0.15, 0.2) is 11.4 Å². The van der Waals surface area contributed by atoms with Crippen molar-refractivity contribution < 1.29 is 0 Å². The van der Waals surface area contributed by atoms with Gasteiger partial charge in [0.05, 0.1) is 0 Å². The Morgan fingerprint density at radius 1 is 1.44 bits per heavy atom. The molecule has 0 aromatic carbocycles. The van der Waals surface area contributed by atoms with Gasteiger partial charge in [0.2, 0.25) is 0 Å². The van der Waals surface area contributed by atoms with E-state index in [1.54, 1.807) is 0 Å². The average molecular weight is 284 g/mol. The molecule has 18 heavy (non-hydrogen) atoms. The minimum atomic E-state index is 0.930. The molecule has 0 aliphatic heterocycles. The van der Waals surface area contributed by atoms with Crippen LogP contribution in [-0.2, 0) is 6.54 Å². The number of aryl methyl sites for hydroxylation is 1. The van der Waals surface area contributed by atoms with E-state index in [2.05, 4.69) is 42.4 Å². The third-order valence-corrected chi connectivity index (χ3v) is 6.14. The summed E-state index contributed by atoms with van der Waals surface area (Å²) in [6.07, 6.45) is 5.78. The van der Waals surface area contributed by atoms with Crippen molar-refractivity contribution in [2.45, 2.75) is 51.3 Å². The van der Waals surface area contributed by atoms with E-state index in [1.165, 1.54) is 41.9 Å². The topological polar surface area (TPSA) is 12.0 Å². The second-order valence-corrected chi connectivity index (χ2v) is 7.88. The zero-order chi connectivity index (χ0) is 12.8. The molecular formula is C15H25NS2. The number of thiophene rings is 1. The van der Waals surface area contributed by atoms with Gasteiger partial charge in [-0.15, -0.1) is 11.3 Å². The van der Waals surface area contributed by atoms with Crippen LogP contribution >= 0.6 is 23.1 Å². The molecule has 0 radical (unpaired) electrons. The molecule has 102 valence electrons. The van der Waals surface area contributed by atoms with E-state index in [0.29, 0.717) is 0 Å². The molecule has 3 heteroatoms. The van der Waals surface area contributed by atoms with Gasteiger partial charge >= 0.3 is 0 Å². The fourth-order valence-electron chi connectivity index (χ4n) is 2.61. The Kier molecular flexibility index (Phi) is 6.06. The van der Waals surface area contributed by atoms with Gasteiger partial charge in [-0.25, -0.2) is 0 Å². The van der Waals surface area contributed by atoms with Gasteiger partial charge in [-0.2, -0.15) is 11.8 Å². The number of thioether (sulfide) groups is 1. The van der Waals surface area contributed by atoms with Crippen LogP contribution < -0.4 is 5.32 Å². The van der Waals surface area contributed by atoms with Crippen LogP contribution in [-0.4, -0.2) is 17.5 Å². The second kappa shape index (κ2) is 7.56. The second-order valence-electron chi connectivity index (χ2n) is 5.47. The third-order valence-electron chi connectivity index (χ3n) is 3.77. The van der Waals surface area contributed by atoms with Crippen LogP contribution in [0.1, 0.15) is 43.0 Å². The molecule has 0 amide bonds. The molecule has 1 saturated carbocycles. The maximum Gasteiger partial charge on any atom is 0.0302 e. The highest BCUT2D eigenvalue weighted by Crippen LogP contribution is 2.31. The van der Waals surface area contributed by atoms with E-state index in [-0.39, 0.29) is 0 Å². The average Bonchev–Trinajstić information content (AvgIpc) is 2.75. The summed E-state index contributed by atoms with van der Waals surface area (Å²) in [6, 6.07) is 2.21. The largest absolute Gasteiger partial charge is 0.311 e. The molecule has 1 aromatic rings. The zero-order valence-corrected chi connectivity index (χ0v) is 13.2. The van der Waals surface area contributed by atoms with Crippen molar-refractivity contribution in [3.63, 3.8) is 0 Å². The predicted octanol–water partition coefficient (Wildman–Crippen LogP) is 4.46. The Balaban J connectivity index is 1.55. The number of hydrogen-bond acceptors (Lipinski definition) is 3. The summed E-state index contributed by atoms with van der Waals surface area (Å²) >= 11 is 4.05. The lowest BCUT2D eigenvalue weighted by atomic mass is 9.91. The van der Waals surface area contributed by atoms with E-state index in [9.17, 15) is 0 Å². The lowest BCUT2D eigenvalue weighted by Gasteiger charge is -2.26. The van der Waals surface area contributed by atoms with E-state index in [0.717, 1.165) is 24.3 Å². The van der Waals surface area contributed by atoms with Crippen LogP contribution in [0, 0.1) is 12.8 Å². The highest BCUT2D eigenvalue weighted by atomic mass is 32.2. The first-order chi connectivity index (χ1) is 8.75. The molecule has 1 nitrogen and oxygen atoms in total. The van der Waals surface area contributed by atoms with Crippen LogP contribution in [0.25, 0.3) is 0 Å². The Morgan fingerprint density at radius 3 is 3.06 bits per heavy atom. The summed E-state index contributed by atoms with van der Waals surface area (Å²) in [4.78, 5) is 1.49. The van der Waals surface area contributed by atoms with Gasteiger partial charge in [0.1, 0.15) is 0 Å². The highest BCUT2D eigenvalue weighted by molar-refractivity contribution is 7.99. The Hall–Kier alpha value is 0.01000. The summed E-state index contributed by atoms with van der Waals surface area (Å²) in [6.45, 7) is 6.80. The normalized spacial score (nSPS) is 24.3. The quantitative estimate of drug-likeness (QED) is 0.774. The standard InChI is InChI=1S/C15H25NS2/c1-12-4-3-5-14(10-12)17-9-7-16-11-15-13(2)6-8-18-15/h6,8,12,14,16H,3-5,7,9-11H2,1-2H3. The van der Waals surface area contributed by atoms with E-state index in [4.69, 9.17) is 0 Å². The Labute approximate surface area is 120 Å². The molecule has 2 rings (SSSR count). The van der Waals surface area contributed by atoms with Crippen molar-refractivity contribution in [3.05, 3.63) is 21.9 Å². The predicted molar refractivity (Wildman–Crippen MR) is 84.6 cm³/mol. The fraction of sp³-hybridized carbons (Fsp3) is 0.733. The zero-order valence-electron chi connectivity index (χ0n) is 11.6. The molecule has 1 fully saturated rings. The maximum atomic E-state index is 3.57. The summed E-state index contributed by atoms with van der Waals surface area (Å²) in [7, 11) is 0. The van der Waals surface area contributed by atoms with E-state index >= 15 is 0 Å². The molecule has 1 aliphatic carbocycles. The third kappa shape index (κ3) is 4.60. The van der Waals surface area contributed by atoms with Crippen LogP contribution in [0.2, 0.25) is 0 Å². The molecule has 1 heterocycles. The molecule has 0 saturated heterocycles. The first-order valence-corrected chi connectivity index (χ1v) is 9.04. The van der Waals surface area contributed by atoms with Gasteiger partial charge in [0.25, 0.3) is 0 Å². The molecule has 2 atom stereocenters. The molecule has 2 unspecified atom stereocenters. The van der Waals surface area contributed by atoms with Crippen LogP contribution in [0.4, 0.5) is 0 Å². The van der Waals surface area contributed by atoms with Gasteiger partial charge < -0.3 is 5.32 Å². The lowest BCUT2D eigenvalue weighted by Crippen LogP contribution is -2.20. The first-order valence-electron chi connectivity index (χ1n) is 7.11. The number of hydrogen-bond donors (Lipinski definition) is 1. The smallest absolute Gasteiger partial charge is 0.0302 e. The van der Waals surface area contributed by atoms with Crippen LogP contribution in [0.5, 0.6) is 0 Å². The Bertz CT molecular complexity index is 348. The van der Waals surface area contributed by atoms with Gasteiger partial charge in [0.15, 0.2) is 0 Å². The summed E-state index contributed by atoms with van der Waals surface area (Å²) in [5.41, 5.74) is 1.43. The summed E-state index contributed by atoms with van der Waals surface area (Å²) in [5, 5.41) is 6.68. The van der Waals surface area contributed by atoms with Crippen molar-refractivity contribution in [1.29, 1.82) is 0 Å². The van der Waals surface area contributed by atoms with Crippen molar-refractivity contribution in [2.24, 2.45) is 5.92 Å². The van der Waals surface area contributed by atoms with Crippen molar-refractivity contribution in [1.82, 2.24) is 5.32 Å². The lowest BCUT2D eigenvalue weighted by molar-refractivity contribution is 0.394. The summed E-state index contributed by atoms with van der Waals surface area (Å²) in [5.74, 6) is 2.22. The maximum absolute atomic E-state index is 3.57. The van der Waals surface area contributed by atoms with Gasteiger partial charge in [-0.1, -0.05) is 19.8 Å². The minimum Gasteiger partial charge on any atom is -0.311 e. The van der Waals surface area contributed by atoms with Gasteiger partial charge in [0, 0.05) is 29.0 Å². The van der Waals surface area contributed by atoms with Gasteiger partial charge in [-0.3, -0.25) is 0 Å². The molecule has 1 N–H and O–H groups in total. The molecule has 0 bridgehead atoms. The number of nitrogens with one attached hydrogen (secondary N) is 1. The molecule has 1 aromatic heterocycles. The van der Waals surface area contributed by atoms with E-state index < -0.39 is 0 Å². The number of rotatable bonds is 6. The molecule has 1 aliphatic rings. The van der Waals surface area contributed by atoms with Gasteiger partial charge in [-0.05, 0) is 42.7 Å². The van der Waals surface area contributed by atoms with Crippen molar-refractivity contribution in [2.75, 3.05) is 12.3 Å². The SMILES string of the molecule is Cc1ccsc1CNCCSC1CCCC(C)C1. The Morgan fingerprint density at radius 2 is 2.33 bits per heavy atom. The van der Waals surface area contributed by atoms with E-state index in [1.807, 2.05) is 11.3 Å². The minimum absolute atomic E-state index is 0.930. The first kappa shape index (κ1) is 14.4. The molecule has 0 spiro atoms. The summed E-state index contributed by atoms with van der Waals surface area (Å²) < 4.78 is 0. The highest BCUT2D eigenvalue weighted by Gasteiger charge is 2.18. The fourth-order valence-corrected chi connectivity index (χ4v) is 4.88. The van der Waals surface area contributed by atoms with Crippen LogP contribution in [0.3, 0.4) is 0 Å². The molecular weight excluding hydrogens is 258 g/mol. The van der Waals surface area contributed by atoms with Crippen molar-refractivity contribution in [3.8, 4) is 0 Å². The van der Waals surface area contributed by atoms with Crippen molar-refractivity contribution >= 4 is 23.1 Å². The monoisotopic (exact) mass is 283 g/mol.